The molecule has 0 spiro atoms. The van der Waals surface area contributed by atoms with Gasteiger partial charge in [-0.15, -0.1) is 0 Å². The van der Waals surface area contributed by atoms with Crippen molar-refractivity contribution < 1.29 is 17.9 Å². The van der Waals surface area contributed by atoms with E-state index in [1.165, 1.54) is 6.26 Å². The molecule has 0 radical (unpaired) electrons. The Morgan fingerprint density at radius 1 is 1.30 bits per heavy atom. The molecule has 1 aliphatic rings. The molecule has 1 heterocycles. The van der Waals surface area contributed by atoms with Crippen molar-refractivity contribution in [3.05, 3.63) is 23.8 Å². The molecule has 1 aliphatic heterocycles. The largest absolute Gasteiger partial charge is 0.497 e. The molecule has 0 saturated carbocycles. The zero-order chi connectivity index (χ0) is 16.9. The number of sulfonamides is 1. The van der Waals surface area contributed by atoms with Crippen LogP contribution in [0.1, 0.15) is 30.9 Å². The summed E-state index contributed by atoms with van der Waals surface area (Å²) < 4.78 is 35.6. The van der Waals surface area contributed by atoms with Gasteiger partial charge in [-0.3, -0.25) is 4.90 Å². The zero-order valence-electron chi connectivity index (χ0n) is 14.0. The SMILES string of the molecule is COc1ccc(OC)c([C@H]2CCCN2CCCNS(C)(=O)=O)c1. The van der Waals surface area contributed by atoms with Crippen LogP contribution in [0, 0.1) is 0 Å². The smallest absolute Gasteiger partial charge is 0.208 e. The first-order valence-electron chi connectivity index (χ1n) is 7.85. The molecule has 7 heteroatoms. The molecule has 23 heavy (non-hydrogen) atoms. The Labute approximate surface area is 138 Å². The van der Waals surface area contributed by atoms with Gasteiger partial charge in [0, 0.05) is 18.2 Å². The van der Waals surface area contributed by atoms with Gasteiger partial charge >= 0.3 is 0 Å². The second-order valence-electron chi connectivity index (χ2n) is 5.82. The molecule has 0 aromatic heterocycles. The number of ether oxygens (including phenoxy) is 2. The van der Waals surface area contributed by atoms with E-state index in [-0.39, 0.29) is 0 Å². The van der Waals surface area contributed by atoms with Gasteiger partial charge < -0.3 is 9.47 Å². The lowest BCUT2D eigenvalue weighted by Crippen LogP contribution is -2.29. The lowest BCUT2D eigenvalue weighted by atomic mass is 10.0. The second kappa shape index (κ2) is 7.99. The van der Waals surface area contributed by atoms with Gasteiger partial charge in [-0.25, -0.2) is 13.1 Å². The molecule has 1 saturated heterocycles. The lowest BCUT2D eigenvalue weighted by Gasteiger charge is -2.26. The average Bonchev–Trinajstić information content (AvgIpc) is 2.98. The highest BCUT2D eigenvalue weighted by Gasteiger charge is 2.28. The van der Waals surface area contributed by atoms with Crippen molar-refractivity contribution in [1.82, 2.24) is 9.62 Å². The second-order valence-corrected chi connectivity index (χ2v) is 7.65. The van der Waals surface area contributed by atoms with Gasteiger partial charge in [-0.2, -0.15) is 0 Å². The molecule has 0 amide bonds. The first-order chi connectivity index (χ1) is 10.9. The predicted octanol–water partition coefficient (Wildman–Crippen LogP) is 1.78. The minimum atomic E-state index is -3.11. The third-order valence-electron chi connectivity index (χ3n) is 4.15. The topological polar surface area (TPSA) is 67.9 Å². The average molecular weight is 342 g/mol. The van der Waals surface area contributed by atoms with Crippen LogP contribution in [0.4, 0.5) is 0 Å². The van der Waals surface area contributed by atoms with Crippen molar-refractivity contribution in [3.8, 4) is 11.5 Å². The fraction of sp³-hybridized carbons (Fsp3) is 0.625. The predicted molar refractivity (Wildman–Crippen MR) is 90.6 cm³/mol. The number of nitrogens with one attached hydrogen (secondary N) is 1. The Kier molecular flexibility index (Phi) is 6.26. The maximum absolute atomic E-state index is 11.1. The van der Waals surface area contributed by atoms with Crippen LogP contribution in [0.2, 0.25) is 0 Å². The highest BCUT2D eigenvalue weighted by atomic mass is 32.2. The monoisotopic (exact) mass is 342 g/mol. The van der Waals surface area contributed by atoms with E-state index in [1.54, 1.807) is 14.2 Å². The molecule has 1 fully saturated rings. The summed E-state index contributed by atoms with van der Waals surface area (Å²) in [6.45, 7) is 2.34. The Balaban J connectivity index is 2.03. The van der Waals surface area contributed by atoms with Crippen molar-refractivity contribution in [2.75, 3.05) is 40.1 Å². The Bertz CT molecular complexity index is 619. The molecule has 6 nitrogen and oxygen atoms in total. The third-order valence-corrected chi connectivity index (χ3v) is 4.87. The van der Waals surface area contributed by atoms with Crippen LogP contribution in [0.5, 0.6) is 11.5 Å². The van der Waals surface area contributed by atoms with Crippen molar-refractivity contribution in [2.24, 2.45) is 0 Å². The van der Waals surface area contributed by atoms with E-state index in [0.717, 1.165) is 49.4 Å². The van der Waals surface area contributed by atoms with Crippen LogP contribution < -0.4 is 14.2 Å². The molecule has 1 aromatic rings. The quantitative estimate of drug-likeness (QED) is 0.730. The summed E-state index contributed by atoms with van der Waals surface area (Å²) in [5.41, 5.74) is 1.14. The van der Waals surface area contributed by atoms with Crippen LogP contribution in [-0.2, 0) is 10.0 Å². The van der Waals surface area contributed by atoms with Crippen LogP contribution in [0.25, 0.3) is 0 Å². The number of benzene rings is 1. The Hall–Kier alpha value is -1.31. The summed E-state index contributed by atoms with van der Waals surface area (Å²) in [7, 11) is 0.232. The molecule has 0 bridgehead atoms. The molecule has 0 unspecified atom stereocenters. The molecular weight excluding hydrogens is 316 g/mol. The maximum Gasteiger partial charge on any atom is 0.208 e. The molecular formula is C16H26N2O4S. The summed E-state index contributed by atoms with van der Waals surface area (Å²) in [6, 6.07) is 6.17. The molecule has 2 rings (SSSR count). The summed E-state index contributed by atoms with van der Waals surface area (Å²) in [6.07, 6.45) is 4.18. The van der Waals surface area contributed by atoms with Gasteiger partial charge in [-0.1, -0.05) is 0 Å². The molecule has 0 aliphatic carbocycles. The number of methoxy groups -OCH3 is 2. The van der Waals surface area contributed by atoms with Crippen molar-refractivity contribution >= 4 is 10.0 Å². The maximum atomic E-state index is 11.1. The fourth-order valence-corrected chi connectivity index (χ4v) is 3.60. The highest BCUT2D eigenvalue weighted by molar-refractivity contribution is 7.88. The van der Waals surface area contributed by atoms with Crippen LogP contribution in [-0.4, -0.2) is 53.4 Å². The third kappa shape index (κ3) is 5.09. The van der Waals surface area contributed by atoms with E-state index in [2.05, 4.69) is 9.62 Å². The molecule has 1 N–H and O–H groups in total. The standard InChI is InChI=1S/C16H26N2O4S/c1-21-13-7-8-16(22-2)14(12-13)15-6-4-10-18(15)11-5-9-17-23(3,19)20/h7-8,12,15,17H,4-6,9-11H2,1-3H3/t15-/m1/s1. The summed E-state index contributed by atoms with van der Waals surface area (Å²) in [5.74, 6) is 1.70. The molecule has 1 atom stereocenters. The van der Waals surface area contributed by atoms with Gasteiger partial charge in [0.1, 0.15) is 11.5 Å². The Morgan fingerprint density at radius 3 is 2.74 bits per heavy atom. The van der Waals surface area contributed by atoms with Crippen molar-refractivity contribution in [1.29, 1.82) is 0 Å². The van der Waals surface area contributed by atoms with Crippen LogP contribution in [0.3, 0.4) is 0 Å². The van der Waals surface area contributed by atoms with Crippen molar-refractivity contribution in [3.63, 3.8) is 0 Å². The van der Waals surface area contributed by atoms with Crippen LogP contribution >= 0.6 is 0 Å². The number of hydrogen-bond acceptors (Lipinski definition) is 5. The van der Waals surface area contributed by atoms with Crippen molar-refractivity contribution in [2.45, 2.75) is 25.3 Å². The van der Waals surface area contributed by atoms with E-state index < -0.39 is 10.0 Å². The lowest BCUT2D eigenvalue weighted by molar-refractivity contribution is 0.248. The van der Waals surface area contributed by atoms with E-state index in [9.17, 15) is 8.42 Å². The Morgan fingerprint density at radius 2 is 2.09 bits per heavy atom. The minimum Gasteiger partial charge on any atom is -0.497 e. The number of likely N-dealkylation sites (tertiary alicyclic amines) is 1. The van der Waals surface area contributed by atoms with E-state index in [4.69, 9.17) is 9.47 Å². The van der Waals surface area contributed by atoms with E-state index in [0.29, 0.717) is 12.6 Å². The molecule has 1 aromatic carbocycles. The van der Waals surface area contributed by atoms with Gasteiger partial charge in [0.05, 0.1) is 20.5 Å². The minimum absolute atomic E-state index is 0.290. The number of rotatable bonds is 8. The first kappa shape index (κ1) is 18.0. The van der Waals surface area contributed by atoms with E-state index >= 15 is 0 Å². The van der Waals surface area contributed by atoms with Gasteiger partial charge in [0.2, 0.25) is 10.0 Å². The number of nitrogens with zero attached hydrogens (tertiary/aromatic N) is 1. The van der Waals surface area contributed by atoms with Crippen LogP contribution in [0.15, 0.2) is 18.2 Å². The highest BCUT2D eigenvalue weighted by Crippen LogP contribution is 2.38. The normalized spacial score (nSPS) is 19.0. The van der Waals surface area contributed by atoms with Gasteiger partial charge in [0.15, 0.2) is 0 Å². The molecule has 130 valence electrons. The number of hydrogen-bond donors (Lipinski definition) is 1. The zero-order valence-corrected chi connectivity index (χ0v) is 14.9. The first-order valence-corrected chi connectivity index (χ1v) is 9.74. The van der Waals surface area contributed by atoms with Gasteiger partial charge in [0.25, 0.3) is 0 Å². The summed E-state index contributed by atoms with van der Waals surface area (Å²) in [4.78, 5) is 2.39. The summed E-state index contributed by atoms with van der Waals surface area (Å²) in [5, 5.41) is 0. The fourth-order valence-electron chi connectivity index (χ4n) is 3.09. The summed E-state index contributed by atoms with van der Waals surface area (Å²) >= 11 is 0. The van der Waals surface area contributed by atoms with Gasteiger partial charge in [-0.05, 0) is 50.6 Å². The van der Waals surface area contributed by atoms with E-state index in [1.807, 2.05) is 18.2 Å².